The number of ether oxygens (including phenoxy) is 1. The highest BCUT2D eigenvalue weighted by molar-refractivity contribution is 7.21. The van der Waals surface area contributed by atoms with Gasteiger partial charge in [0.1, 0.15) is 22.7 Å². The maximum Gasteiger partial charge on any atom is 0.182 e. The van der Waals surface area contributed by atoms with Gasteiger partial charge in [-0.1, -0.05) is 11.3 Å². The highest BCUT2D eigenvalue weighted by Gasteiger charge is 2.14. The molecule has 3 N–H and O–H groups in total. The van der Waals surface area contributed by atoms with Crippen molar-refractivity contribution in [2.75, 3.05) is 18.9 Å². The summed E-state index contributed by atoms with van der Waals surface area (Å²) in [7, 11) is 0. The summed E-state index contributed by atoms with van der Waals surface area (Å²) < 4.78 is 5.84. The molecule has 4 rings (SSSR count). The van der Waals surface area contributed by atoms with E-state index in [4.69, 9.17) is 15.5 Å². The number of nitrogen functional groups attached to an aromatic ring is 1. The molecule has 2 aromatic heterocycles. The lowest BCUT2D eigenvalue weighted by molar-refractivity contribution is 0.323. The SMILES string of the molecule is Cc1cc(-c2ccc3nc(N)sc3n2)cc2c1OCCNC2. The van der Waals surface area contributed by atoms with Crippen molar-refractivity contribution in [1.29, 1.82) is 0 Å². The normalized spacial score (nSPS) is 14.4. The molecule has 0 spiro atoms. The first-order valence-corrected chi connectivity index (χ1v) is 8.03. The molecule has 22 heavy (non-hydrogen) atoms. The fourth-order valence-corrected chi connectivity index (χ4v) is 3.48. The van der Waals surface area contributed by atoms with Gasteiger partial charge < -0.3 is 15.8 Å². The first kappa shape index (κ1) is 13.5. The van der Waals surface area contributed by atoms with E-state index >= 15 is 0 Å². The van der Waals surface area contributed by atoms with Crippen molar-refractivity contribution in [1.82, 2.24) is 15.3 Å². The smallest absolute Gasteiger partial charge is 0.182 e. The molecule has 3 aromatic rings. The number of nitrogens with zero attached hydrogens (tertiary/aromatic N) is 2. The van der Waals surface area contributed by atoms with Gasteiger partial charge in [0.05, 0.1) is 5.69 Å². The van der Waals surface area contributed by atoms with Crippen LogP contribution < -0.4 is 15.8 Å². The predicted molar refractivity (Wildman–Crippen MR) is 89.2 cm³/mol. The summed E-state index contributed by atoms with van der Waals surface area (Å²) in [6.07, 6.45) is 0. The van der Waals surface area contributed by atoms with Gasteiger partial charge in [0.2, 0.25) is 0 Å². The van der Waals surface area contributed by atoms with E-state index < -0.39 is 0 Å². The van der Waals surface area contributed by atoms with Gasteiger partial charge in [0.25, 0.3) is 0 Å². The molecular weight excluding hydrogens is 296 g/mol. The Bertz CT molecular complexity index is 859. The molecular formula is C16H16N4OS. The summed E-state index contributed by atoms with van der Waals surface area (Å²) in [6, 6.07) is 8.25. The Morgan fingerprint density at radius 2 is 2.18 bits per heavy atom. The molecule has 5 nitrogen and oxygen atoms in total. The Kier molecular flexibility index (Phi) is 3.20. The van der Waals surface area contributed by atoms with Crippen LogP contribution in [0.2, 0.25) is 0 Å². The van der Waals surface area contributed by atoms with Crippen molar-refractivity contribution in [2.24, 2.45) is 0 Å². The van der Waals surface area contributed by atoms with E-state index in [1.54, 1.807) is 0 Å². The van der Waals surface area contributed by atoms with Gasteiger partial charge in [-0.05, 0) is 36.8 Å². The average molecular weight is 312 g/mol. The molecule has 1 aliphatic rings. The van der Waals surface area contributed by atoms with Gasteiger partial charge in [0, 0.05) is 24.2 Å². The van der Waals surface area contributed by atoms with Crippen LogP contribution in [0, 0.1) is 6.92 Å². The summed E-state index contributed by atoms with van der Waals surface area (Å²) in [4.78, 5) is 9.82. The molecule has 0 amide bonds. The second-order valence-corrected chi connectivity index (χ2v) is 6.39. The minimum Gasteiger partial charge on any atom is -0.492 e. The molecule has 0 atom stereocenters. The second-order valence-electron chi connectivity index (χ2n) is 5.38. The molecule has 3 heterocycles. The number of hydrogen-bond acceptors (Lipinski definition) is 6. The quantitative estimate of drug-likeness (QED) is 0.723. The van der Waals surface area contributed by atoms with Crippen LogP contribution in [0.4, 0.5) is 5.13 Å². The van der Waals surface area contributed by atoms with E-state index in [2.05, 4.69) is 29.4 Å². The number of anilines is 1. The van der Waals surface area contributed by atoms with Gasteiger partial charge in [0.15, 0.2) is 5.13 Å². The third-order valence-electron chi connectivity index (χ3n) is 3.76. The monoisotopic (exact) mass is 312 g/mol. The van der Waals surface area contributed by atoms with Gasteiger partial charge >= 0.3 is 0 Å². The number of thiazole rings is 1. The molecule has 0 aliphatic carbocycles. The number of nitrogens with one attached hydrogen (secondary N) is 1. The van der Waals surface area contributed by atoms with E-state index in [9.17, 15) is 0 Å². The summed E-state index contributed by atoms with van der Waals surface area (Å²) in [5.74, 6) is 0.997. The van der Waals surface area contributed by atoms with Gasteiger partial charge in [-0.25, -0.2) is 9.97 Å². The fraction of sp³-hybridized carbons (Fsp3) is 0.250. The third-order valence-corrected chi connectivity index (χ3v) is 4.55. The van der Waals surface area contributed by atoms with Crippen molar-refractivity contribution in [3.63, 3.8) is 0 Å². The number of pyridine rings is 1. The number of fused-ring (bicyclic) bond motifs is 2. The van der Waals surface area contributed by atoms with Crippen LogP contribution in [-0.4, -0.2) is 23.1 Å². The van der Waals surface area contributed by atoms with Crippen LogP contribution in [0.3, 0.4) is 0 Å². The Labute approximate surface area is 132 Å². The number of benzene rings is 1. The first-order valence-electron chi connectivity index (χ1n) is 7.21. The van der Waals surface area contributed by atoms with E-state index in [1.165, 1.54) is 16.9 Å². The predicted octanol–water partition coefficient (Wildman–Crippen LogP) is 2.73. The Balaban J connectivity index is 1.83. The minimum absolute atomic E-state index is 0.551. The average Bonchev–Trinajstić information content (AvgIpc) is 2.71. The van der Waals surface area contributed by atoms with E-state index in [1.807, 2.05) is 12.1 Å². The zero-order chi connectivity index (χ0) is 15.1. The lowest BCUT2D eigenvalue weighted by Gasteiger charge is -2.12. The number of aryl methyl sites for hydroxylation is 1. The molecule has 6 heteroatoms. The standard InChI is InChI=1S/C16H16N4OS/c1-9-6-10(7-11-8-18-4-5-21-14(9)11)12-2-3-13-15(19-12)22-16(17)20-13/h2-3,6-7,18H,4-5,8H2,1H3,(H2,17,20). The van der Waals surface area contributed by atoms with E-state index in [-0.39, 0.29) is 0 Å². The number of rotatable bonds is 1. The lowest BCUT2D eigenvalue weighted by Crippen LogP contribution is -2.16. The van der Waals surface area contributed by atoms with Gasteiger partial charge in [-0.15, -0.1) is 0 Å². The van der Waals surface area contributed by atoms with Gasteiger partial charge in [-0.3, -0.25) is 0 Å². The van der Waals surface area contributed by atoms with Crippen molar-refractivity contribution in [2.45, 2.75) is 13.5 Å². The molecule has 0 radical (unpaired) electrons. The van der Waals surface area contributed by atoms with Crippen molar-refractivity contribution in [3.8, 4) is 17.0 Å². The highest BCUT2D eigenvalue weighted by Crippen LogP contribution is 2.32. The first-order chi connectivity index (χ1) is 10.7. The number of aromatic nitrogens is 2. The Morgan fingerprint density at radius 1 is 1.27 bits per heavy atom. The zero-order valence-electron chi connectivity index (χ0n) is 12.2. The summed E-state index contributed by atoms with van der Waals surface area (Å²) in [5.41, 5.74) is 11.0. The lowest BCUT2D eigenvalue weighted by atomic mass is 10.0. The number of hydrogen-bond donors (Lipinski definition) is 2. The van der Waals surface area contributed by atoms with Crippen molar-refractivity contribution >= 4 is 26.8 Å². The van der Waals surface area contributed by atoms with E-state index in [0.717, 1.165) is 46.0 Å². The Hall–Kier alpha value is -2.18. The van der Waals surface area contributed by atoms with Crippen molar-refractivity contribution in [3.05, 3.63) is 35.4 Å². The van der Waals surface area contributed by atoms with Crippen LogP contribution in [-0.2, 0) is 6.54 Å². The maximum absolute atomic E-state index is 5.84. The van der Waals surface area contributed by atoms with Crippen LogP contribution >= 0.6 is 11.3 Å². The molecule has 1 aliphatic heterocycles. The van der Waals surface area contributed by atoms with E-state index in [0.29, 0.717) is 11.7 Å². The zero-order valence-corrected chi connectivity index (χ0v) is 13.0. The van der Waals surface area contributed by atoms with Crippen molar-refractivity contribution < 1.29 is 4.74 Å². The number of nitrogens with two attached hydrogens (primary N) is 1. The van der Waals surface area contributed by atoms with Crippen LogP contribution in [0.5, 0.6) is 5.75 Å². The second kappa shape index (κ2) is 5.23. The van der Waals surface area contributed by atoms with Crippen LogP contribution in [0.1, 0.15) is 11.1 Å². The summed E-state index contributed by atoms with van der Waals surface area (Å²) >= 11 is 1.42. The molecule has 0 saturated carbocycles. The molecule has 112 valence electrons. The molecule has 0 unspecified atom stereocenters. The summed E-state index contributed by atoms with van der Waals surface area (Å²) in [5, 5.41) is 3.92. The molecule has 0 saturated heterocycles. The Morgan fingerprint density at radius 3 is 3.09 bits per heavy atom. The summed E-state index contributed by atoms with van der Waals surface area (Å²) in [6.45, 7) is 4.47. The molecule has 0 bridgehead atoms. The topological polar surface area (TPSA) is 73.1 Å². The van der Waals surface area contributed by atoms with Gasteiger partial charge in [-0.2, -0.15) is 0 Å². The largest absolute Gasteiger partial charge is 0.492 e. The minimum atomic E-state index is 0.551. The maximum atomic E-state index is 5.84. The molecule has 1 aromatic carbocycles. The van der Waals surface area contributed by atoms with Crippen LogP contribution in [0.15, 0.2) is 24.3 Å². The fourth-order valence-electron chi connectivity index (χ4n) is 2.78. The third kappa shape index (κ3) is 2.30. The highest BCUT2D eigenvalue weighted by atomic mass is 32.1. The molecule has 0 fully saturated rings. The van der Waals surface area contributed by atoms with Crippen LogP contribution in [0.25, 0.3) is 21.6 Å².